The van der Waals surface area contributed by atoms with Crippen LogP contribution < -0.4 is 15.5 Å². The maximum atomic E-state index is 13.0. The van der Waals surface area contributed by atoms with Gasteiger partial charge in [-0.2, -0.15) is 0 Å². The second kappa shape index (κ2) is 9.28. The third-order valence-electron chi connectivity index (χ3n) is 5.30. The number of carbonyl (C=O) groups excluding carboxylic acids is 1. The van der Waals surface area contributed by atoms with Crippen molar-refractivity contribution in [3.8, 4) is 0 Å². The van der Waals surface area contributed by atoms with E-state index in [9.17, 15) is 4.79 Å². The summed E-state index contributed by atoms with van der Waals surface area (Å²) in [7, 11) is 0. The van der Waals surface area contributed by atoms with Crippen LogP contribution in [0.15, 0.2) is 65.9 Å². The molecule has 1 saturated heterocycles. The molecule has 156 valence electrons. The fourth-order valence-electron chi connectivity index (χ4n) is 3.71. The molecule has 30 heavy (non-hydrogen) atoms. The summed E-state index contributed by atoms with van der Waals surface area (Å²) in [6.07, 6.45) is 0. The predicted molar refractivity (Wildman–Crippen MR) is 120 cm³/mol. The van der Waals surface area contributed by atoms with Crippen molar-refractivity contribution >= 4 is 29.0 Å². The Balaban J connectivity index is 1.53. The van der Waals surface area contributed by atoms with Gasteiger partial charge in [-0.1, -0.05) is 42.5 Å². The van der Waals surface area contributed by atoms with Crippen molar-refractivity contribution in [2.75, 3.05) is 31.2 Å². The van der Waals surface area contributed by atoms with E-state index in [1.807, 2.05) is 49.4 Å². The van der Waals surface area contributed by atoms with Gasteiger partial charge in [0.05, 0.1) is 24.8 Å². The molecule has 1 fully saturated rings. The van der Waals surface area contributed by atoms with Crippen LogP contribution in [0.4, 0.5) is 5.69 Å². The summed E-state index contributed by atoms with van der Waals surface area (Å²) < 4.78 is 11.0. The van der Waals surface area contributed by atoms with Crippen LogP contribution in [0, 0.1) is 0 Å². The SMILES string of the molecule is CC1=C(C(=O)OCc2ccccc2)C(c2ccc(N3CCOCC3)cc2)NC(=S)N1. The number of nitrogens with zero attached hydrogens (tertiary/aromatic N) is 1. The molecule has 2 N–H and O–H groups in total. The first-order valence-corrected chi connectivity index (χ1v) is 10.4. The van der Waals surface area contributed by atoms with Crippen LogP contribution in [-0.2, 0) is 20.9 Å². The highest BCUT2D eigenvalue weighted by Crippen LogP contribution is 2.29. The van der Waals surface area contributed by atoms with E-state index < -0.39 is 0 Å². The first-order chi connectivity index (χ1) is 14.6. The van der Waals surface area contributed by atoms with Gasteiger partial charge in [-0.15, -0.1) is 0 Å². The number of thiocarbonyl (C=S) groups is 1. The van der Waals surface area contributed by atoms with Gasteiger partial charge in [0.1, 0.15) is 6.61 Å². The number of anilines is 1. The lowest BCUT2D eigenvalue weighted by molar-refractivity contribution is -0.140. The lowest BCUT2D eigenvalue weighted by atomic mass is 9.95. The maximum absolute atomic E-state index is 13.0. The first kappa shape index (κ1) is 20.4. The smallest absolute Gasteiger partial charge is 0.338 e. The summed E-state index contributed by atoms with van der Waals surface area (Å²) in [6.45, 7) is 5.32. The molecule has 0 saturated carbocycles. The number of benzene rings is 2. The van der Waals surface area contributed by atoms with Gasteiger partial charge in [-0.25, -0.2) is 4.79 Å². The van der Waals surface area contributed by atoms with Gasteiger partial charge in [-0.3, -0.25) is 0 Å². The lowest BCUT2D eigenvalue weighted by Gasteiger charge is -2.31. The number of hydrogen-bond donors (Lipinski definition) is 2. The minimum atomic E-state index is -0.360. The van der Waals surface area contributed by atoms with E-state index in [1.54, 1.807) is 0 Å². The monoisotopic (exact) mass is 423 g/mol. The Labute approximate surface area is 181 Å². The molecule has 0 bridgehead atoms. The number of carbonyl (C=O) groups is 1. The fourth-order valence-corrected chi connectivity index (χ4v) is 3.99. The number of nitrogens with one attached hydrogen (secondary N) is 2. The Hall–Kier alpha value is -2.90. The number of hydrogen-bond acceptors (Lipinski definition) is 5. The van der Waals surface area contributed by atoms with Gasteiger partial charge < -0.3 is 25.0 Å². The molecule has 0 aliphatic carbocycles. The van der Waals surface area contributed by atoms with Crippen LogP contribution in [0.3, 0.4) is 0 Å². The fraction of sp³-hybridized carbons (Fsp3) is 0.304. The molecule has 2 heterocycles. The zero-order chi connectivity index (χ0) is 20.9. The average molecular weight is 424 g/mol. The highest BCUT2D eigenvalue weighted by Gasteiger charge is 2.31. The normalized spacial score (nSPS) is 19.2. The van der Waals surface area contributed by atoms with E-state index in [-0.39, 0.29) is 18.6 Å². The Morgan fingerprint density at radius 1 is 1.13 bits per heavy atom. The van der Waals surface area contributed by atoms with Gasteiger partial charge in [0.2, 0.25) is 0 Å². The Morgan fingerprint density at radius 3 is 2.53 bits per heavy atom. The van der Waals surface area contributed by atoms with Gasteiger partial charge in [0.25, 0.3) is 0 Å². The van der Waals surface area contributed by atoms with E-state index in [2.05, 4.69) is 27.7 Å². The molecule has 4 rings (SSSR count). The van der Waals surface area contributed by atoms with Crippen molar-refractivity contribution in [3.63, 3.8) is 0 Å². The molecule has 1 unspecified atom stereocenters. The first-order valence-electron chi connectivity index (χ1n) is 10.0. The molecule has 7 heteroatoms. The lowest BCUT2D eigenvalue weighted by Crippen LogP contribution is -2.45. The summed E-state index contributed by atoms with van der Waals surface area (Å²) >= 11 is 5.34. The summed E-state index contributed by atoms with van der Waals surface area (Å²) in [4.78, 5) is 15.3. The predicted octanol–water partition coefficient (Wildman–Crippen LogP) is 3.06. The van der Waals surface area contributed by atoms with Crippen molar-refractivity contribution in [1.82, 2.24) is 10.6 Å². The molecule has 1 atom stereocenters. The van der Waals surface area contributed by atoms with E-state index in [4.69, 9.17) is 21.7 Å². The van der Waals surface area contributed by atoms with Gasteiger partial charge in [-0.05, 0) is 42.4 Å². The standard InChI is InChI=1S/C23H25N3O3S/c1-16-20(22(27)29-15-17-5-3-2-4-6-17)21(25-23(30)24-16)18-7-9-19(10-8-18)26-11-13-28-14-12-26/h2-10,21H,11-15H2,1H3,(H2,24,25,30). The van der Waals surface area contributed by atoms with E-state index in [0.717, 1.165) is 43.1 Å². The van der Waals surface area contributed by atoms with Crippen LogP contribution in [-0.4, -0.2) is 37.4 Å². The van der Waals surface area contributed by atoms with Crippen molar-refractivity contribution < 1.29 is 14.3 Å². The van der Waals surface area contributed by atoms with Crippen molar-refractivity contribution in [1.29, 1.82) is 0 Å². The van der Waals surface area contributed by atoms with Crippen LogP contribution in [0.1, 0.15) is 24.1 Å². The summed E-state index contributed by atoms with van der Waals surface area (Å²) in [5.74, 6) is -0.360. The van der Waals surface area contributed by atoms with Gasteiger partial charge in [0, 0.05) is 24.5 Å². The molecule has 2 aliphatic rings. The highest BCUT2D eigenvalue weighted by molar-refractivity contribution is 7.80. The highest BCUT2D eigenvalue weighted by atomic mass is 32.1. The Kier molecular flexibility index (Phi) is 6.30. The Bertz CT molecular complexity index is 938. The molecular weight excluding hydrogens is 398 g/mol. The minimum absolute atomic E-state index is 0.226. The summed E-state index contributed by atoms with van der Waals surface area (Å²) in [5.41, 5.74) is 4.30. The Morgan fingerprint density at radius 2 is 1.83 bits per heavy atom. The quantitative estimate of drug-likeness (QED) is 0.566. The molecular formula is C23H25N3O3S. The summed E-state index contributed by atoms with van der Waals surface area (Å²) in [5, 5.41) is 6.76. The molecule has 2 aromatic carbocycles. The number of ether oxygens (including phenoxy) is 2. The van der Waals surface area contributed by atoms with Gasteiger partial charge >= 0.3 is 5.97 Å². The van der Waals surface area contributed by atoms with Crippen LogP contribution in [0.25, 0.3) is 0 Å². The summed E-state index contributed by atoms with van der Waals surface area (Å²) in [6, 6.07) is 17.5. The van der Waals surface area contributed by atoms with Crippen LogP contribution in [0.5, 0.6) is 0 Å². The maximum Gasteiger partial charge on any atom is 0.338 e. The number of esters is 1. The van der Waals surface area contributed by atoms with Crippen LogP contribution >= 0.6 is 12.2 Å². The molecule has 2 aromatic rings. The zero-order valence-corrected chi connectivity index (χ0v) is 17.7. The molecule has 2 aliphatic heterocycles. The third-order valence-corrected chi connectivity index (χ3v) is 5.52. The largest absolute Gasteiger partial charge is 0.457 e. The number of rotatable bonds is 5. The van der Waals surface area contributed by atoms with Crippen molar-refractivity contribution in [2.24, 2.45) is 0 Å². The number of morpholine rings is 1. The van der Waals surface area contributed by atoms with Crippen molar-refractivity contribution in [3.05, 3.63) is 77.0 Å². The molecule has 0 radical (unpaired) electrons. The third kappa shape index (κ3) is 4.63. The second-order valence-electron chi connectivity index (χ2n) is 7.32. The molecule has 0 aromatic heterocycles. The van der Waals surface area contributed by atoms with Gasteiger partial charge in [0.15, 0.2) is 5.11 Å². The molecule has 0 spiro atoms. The topological polar surface area (TPSA) is 62.8 Å². The zero-order valence-electron chi connectivity index (χ0n) is 16.9. The molecule has 6 nitrogen and oxygen atoms in total. The van der Waals surface area contributed by atoms with Crippen molar-refractivity contribution in [2.45, 2.75) is 19.6 Å². The minimum Gasteiger partial charge on any atom is -0.457 e. The van der Waals surface area contributed by atoms with Crippen LogP contribution in [0.2, 0.25) is 0 Å². The second-order valence-corrected chi connectivity index (χ2v) is 7.73. The molecule has 0 amide bonds. The van der Waals surface area contributed by atoms with E-state index in [1.165, 1.54) is 0 Å². The van der Waals surface area contributed by atoms with E-state index >= 15 is 0 Å². The van der Waals surface area contributed by atoms with E-state index in [0.29, 0.717) is 16.4 Å². The number of allylic oxidation sites excluding steroid dienone is 1. The average Bonchev–Trinajstić information content (AvgIpc) is 2.78.